The zero-order valence-corrected chi connectivity index (χ0v) is 11.2. The van der Waals surface area contributed by atoms with Crippen molar-refractivity contribution in [1.82, 2.24) is 0 Å². The molecule has 3 N–H and O–H groups in total. The Morgan fingerprint density at radius 2 is 2.11 bits per heavy atom. The molecule has 0 saturated heterocycles. The molecule has 0 aliphatic carbocycles. The van der Waals surface area contributed by atoms with Crippen LogP contribution in [0.1, 0.15) is 5.56 Å². The Morgan fingerprint density at radius 3 is 2.53 bits per heavy atom. The molecule has 8 heteroatoms. The third kappa shape index (κ3) is 3.42. The standard InChI is InChI=1S/C11H14FNO5S/c1-18-8-4-3-6(5-7(13)11(14)15)9(12)10(8)19(2,16)17/h3-4,7H,5,13H2,1-2H3,(H,14,15). The highest BCUT2D eigenvalue weighted by Crippen LogP contribution is 2.29. The zero-order valence-electron chi connectivity index (χ0n) is 10.4. The van der Waals surface area contributed by atoms with Gasteiger partial charge in [0.2, 0.25) is 0 Å². The Hall–Kier alpha value is -1.67. The van der Waals surface area contributed by atoms with Crippen LogP contribution in [0.15, 0.2) is 17.0 Å². The van der Waals surface area contributed by atoms with Gasteiger partial charge in [-0.15, -0.1) is 0 Å². The van der Waals surface area contributed by atoms with Crippen LogP contribution in [0.5, 0.6) is 5.75 Å². The van der Waals surface area contributed by atoms with Crippen molar-refractivity contribution >= 4 is 15.8 Å². The van der Waals surface area contributed by atoms with Crippen LogP contribution in [-0.4, -0.2) is 38.9 Å². The second kappa shape index (κ2) is 5.54. The van der Waals surface area contributed by atoms with E-state index in [1.54, 1.807) is 0 Å². The number of nitrogens with two attached hydrogens (primary N) is 1. The number of aliphatic carboxylic acids is 1. The van der Waals surface area contributed by atoms with Gasteiger partial charge in [0.1, 0.15) is 22.5 Å². The van der Waals surface area contributed by atoms with Gasteiger partial charge in [-0.1, -0.05) is 6.07 Å². The molecule has 0 spiro atoms. The van der Waals surface area contributed by atoms with Gasteiger partial charge in [-0.05, 0) is 11.6 Å². The van der Waals surface area contributed by atoms with E-state index >= 15 is 0 Å². The van der Waals surface area contributed by atoms with Crippen molar-refractivity contribution in [2.75, 3.05) is 13.4 Å². The molecule has 1 unspecified atom stereocenters. The fourth-order valence-electron chi connectivity index (χ4n) is 1.57. The van der Waals surface area contributed by atoms with E-state index in [2.05, 4.69) is 0 Å². The van der Waals surface area contributed by atoms with E-state index in [0.717, 1.165) is 6.26 Å². The third-order valence-corrected chi connectivity index (χ3v) is 3.61. The molecule has 1 rings (SSSR count). The van der Waals surface area contributed by atoms with E-state index in [1.165, 1.54) is 19.2 Å². The van der Waals surface area contributed by atoms with Crippen LogP contribution in [0.3, 0.4) is 0 Å². The fraction of sp³-hybridized carbons (Fsp3) is 0.364. The van der Waals surface area contributed by atoms with Crippen molar-refractivity contribution in [2.24, 2.45) is 5.73 Å². The number of carboxylic acid groups (broad SMARTS) is 1. The number of hydrogen-bond donors (Lipinski definition) is 2. The molecule has 0 bridgehead atoms. The second-order valence-corrected chi connectivity index (χ2v) is 5.94. The predicted molar refractivity (Wildman–Crippen MR) is 65.4 cm³/mol. The Labute approximate surface area is 109 Å². The van der Waals surface area contributed by atoms with Gasteiger partial charge in [0.15, 0.2) is 9.84 Å². The Balaban J connectivity index is 3.36. The third-order valence-electron chi connectivity index (χ3n) is 2.49. The van der Waals surface area contributed by atoms with Crippen LogP contribution in [0.4, 0.5) is 4.39 Å². The van der Waals surface area contributed by atoms with Crippen LogP contribution in [0, 0.1) is 5.82 Å². The van der Waals surface area contributed by atoms with Crippen LogP contribution >= 0.6 is 0 Å². The molecule has 19 heavy (non-hydrogen) atoms. The molecule has 0 amide bonds. The number of benzene rings is 1. The van der Waals surface area contributed by atoms with Gasteiger partial charge >= 0.3 is 5.97 Å². The Kier molecular flexibility index (Phi) is 4.48. The van der Waals surface area contributed by atoms with Gasteiger partial charge in [-0.25, -0.2) is 12.8 Å². The Bertz CT molecular complexity index is 599. The summed E-state index contributed by atoms with van der Waals surface area (Å²) in [6.07, 6.45) is 0.530. The first kappa shape index (κ1) is 15.4. The molecule has 0 radical (unpaired) electrons. The average molecular weight is 291 g/mol. The molecule has 0 fully saturated rings. The first-order valence-corrected chi connectivity index (χ1v) is 7.11. The van der Waals surface area contributed by atoms with Gasteiger partial charge in [0.25, 0.3) is 0 Å². The molecular weight excluding hydrogens is 277 g/mol. The van der Waals surface area contributed by atoms with Crippen molar-refractivity contribution in [1.29, 1.82) is 0 Å². The number of hydrogen-bond acceptors (Lipinski definition) is 5. The van der Waals surface area contributed by atoms with Gasteiger partial charge in [0, 0.05) is 12.7 Å². The van der Waals surface area contributed by atoms with Crippen molar-refractivity contribution in [3.8, 4) is 5.75 Å². The average Bonchev–Trinajstić information content (AvgIpc) is 2.29. The number of methoxy groups -OCH3 is 1. The minimum absolute atomic E-state index is 0.0869. The summed E-state index contributed by atoms with van der Waals surface area (Å²) in [6.45, 7) is 0. The summed E-state index contributed by atoms with van der Waals surface area (Å²) in [5.74, 6) is -2.46. The quantitative estimate of drug-likeness (QED) is 0.802. The molecule has 0 aromatic heterocycles. The van der Waals surface area contributed by atoms with E-state index in [-0.39, 0.29) is 17.7 Å². The lowest BCUT2D eigenvalue weighted by molar-refractivity contribution is -0.138. The number of ether oxygens (including phenoxy) is 1. The molecule has 0 heterocycles. The fourth-order valence-corrected chi connectivity index (χ4v) is 2.54. The van der Waals surface area contributed by atoms with Gasteiger partial charge in [-0.3, -0.25) is 4.79 Å². The highest BCUT2D eigenvalue weighted by molar-refractivity contribution is 7.90. The largest absolute Gasteiger partial charge is 0.495 e. The van der Waals surface area contributed by atoms with Gasteiger partial charge in [0.05, 0.1) is 7.11 Å². The summed E-state index contributed by atoms with van der Waals surface area (Å²) in [6, 6.07) is 1.21. The minimum Gasteiger partial charge on any atom is -0.495 e. The van der Waals surface area contributed by atoms with Crippen molar-refractivity contribution in [3.05, 3.63) is 23.5 Å². The summed E-state index contributed by atoms with van der Waals surface area (Å²) < 4.78 is 42.0. The maximum absolute atomic E-state index is 14.1. The normalized spacial score (nSPS) is 13.1. The topological polar surface area (TPSA) is 107 Å². The second-order valence-electron chi connectivity index (χ2n) is 3.99. The zero-order chi connectivity index (χ0) is 14.8. The number of carboxylic acids is 1. The van der Waals surface area contributed by atoms with Crippen LogP contribution in [0.25, 0.3) is 0 Å². The molecule has 1 aromatic rings. The number of halogens is 1. The van der Waals surface area contributed by atoms with E-state index in [9.17, 15) is 17.6 Å². The summed E-state index contributed by atoms with van der Waals surface area (Å²) >= 11 is 0. The smallest absolute Gasteiger partial charge is 0.320 e. The van der Waals surface area contributed by atoms with Crippen molar-refractivity contribution in [3.63, 3.8) is 0 Å². The summed E-state index contributed by atoms with van der Waals surface area (Å²) in [5.41, 5.74) is 5.21. The Morgan fingerprint density at radius 1 is 1.53 bits per heavy atom. The van der Waals surface area contributed by atoms with E-state index in [4.69, 9.17) is 15.6 Å². The van der Waals surface area contributed by atoms with Gasteiger partial charge in [-0.2, -0.15) is 0 Å². The number of rotatable bonds is 5. The SMILES string of the molecule is COc1ccc(CC(N)C(=O)O)c(F)c1S(C)(=O)=O. The molecule has 0 aliphatic heterocycles. The maximum atomic E-state index is 14.1. The molecule has 106 valence electrons. The first-order valence-electron chi connectivity index (χ1n) is 5.22. The molecule has 1 atom stereocenters. The van der Waals surface area contributed by atoms with Crippen molar-refractivity contribution in [2.45, 2.75) is 17.4 Å². The first-order chi connectivity index (χ1) is 8.68. The number of sulfone groups is 1. The molecular formula is C11H14FNO5S. The highest BCUT2D eigenvalue weighted by atomic mass is 32.2. The van der Waals surface area contributed by atoms with Crippen molar-refractivity contribution < 1.29 is 27.4 Å². The lowest BCUT2D eigenvalue weighted by Crippen LogP contribution is -2.32. The van der Waals surface area contributed by atoms with Crippen LogP contribution < -0.4 is 10.5 Å². The molecule has 1 aromatic carbocycles. The van der Waals surface area contributed by atoms with E-state index in [1.807, 2.05) is 0 Å². The predicted octanol–water partition coefficient (Wildman–Crippen LogP) is 0.192. The molecule has 0 saturated carbocycles. The lowest BCUT2D eigenvalue weighted by Gasteiger charge is -2.13. The summed E-state index contributed by atoms with van der Waals surface area (Å²) in [7, 11) is -2.63. The molecule has 0 aliphatic rings. The summed E-state index contributed by atoms with van der Waals surface area (Å²) in [4.78, 5) is 10.0. The maximum Gasteiger partial charge on any atom is 0.320 e. The number of carbonyl (C=O) groups is 1. The summed E-state index contributed by atoms with van der Waals surface area (Å²) in [5, 5.41) is 8.67. The van der Waals surface area contributed by atoms with E-state index in [0.29, 0.717) is 0 Å². The van der Waals surface area contributed by atoms with E-state index < -0.39 is 32.6 Å². The highest BCUT2D eigenvalue weighted by Gasteiger charge is 2.24. The molecule has 6 nitrogen and oxygen atoms in total. The lowest BCUT2D eigenvalue weighted by atomic mass is 10.1. The van der Waals surface area contributed by atoms with Gasteiger partial charge < -0.3 is 15.6 Å². The minimum atomic E-state index is -3.84. The van der Waals surface area contributed by atoms with Crippen LogP contribution in [-0.2, 0) is 21.1 Å². The van der Waals surface area contributed by atoms with Crippen LogP contribution in [0.2, 0.25) is 0 Å². The monoisotopic (exact) mass is 291 g/mol.